The van der Waals surface area contributed by atoms with Gasteiger partial charge in [-0.15, -0.1) is 0 Å². The first-order valence-corrected chi connectivity index (χ1v) is 8.51. The van der Waals surface area contributed by atoms with Gasteiger partial charge in [0.15, 0.2) is 0 Å². The Bertz CT molecular complexity index is 742. The van der Waals surface area contributed by atoms with Crippen molar-refractivity contribution < 1.29 is 9.59 Å². The third-order valence-corrected chi connectivity index (χ3v) is 4.22. The Hall–Kier alpha value is -2.89. The van der Waals surface area contributed by atoms with E-state index in [9.17, 15) is 9.59 Å². The predicted molar refractivity (Wildman–Crippen MR) is 97.7 cm³/mol. The zero-order valence-corrected chi connectivity index (χ0v) is 14.2. The minimum absolute atomic E-state index is 0.261. The number of hydrogen-bond donors (Lipinski definition) is 2. The van der Waals surface area contributed by atoms with Crippen molar-refractivity contribution in [2.75, 3.05) is 23.3 Å². The summed E-state index contributed by atoms with van der Waals surface area (Å²) in [6.07, 6.45) is 3.95. The van der Waals surface area contributed by atoms with Crippen molar-refractivity contribution >= 4 is 23.2 Å². The summed E-state index contributed by atoms with van der Waals surface area (Å²) in [4.78, 5) is 30.7. The molecule has 0 saturated carbocycles. The largest absolute Gasteiger partial charge is 0.371 e. The molecule has 1 fully saturated rings. The number of nitrogens with zero attached hydrogens (tertiary/aromatic N) is 2. The van der Waals surface area contributed by atoms with E-state index >= 15 is 0 Å². The number of hydrogen-bond acceptors (Lipinski definition) is 4. The molecule has 2 amide bonds. The van der Waals surface area contributed by atoms with Gasteiger partial charge in [0.05, 0.1) is 0 Å². The van der Waals surface area contributed by atoms with Crippen LogP contribution in [0.4, 0.5) is 11.4 Å². The molecule has 1 aromatic heterocycles. The number of benzene rings is 1. The molecule has 130 valence electrons. The summed E-state index contributed by atoms with van der Waals surface area (Å²) in [6.45, 7) is 3.75. The first-order valence-electron chi connectivity index (χ1n) is 8.51. The number of rotatable bonds is 5. The minimum atomic E-state index is -0.662. The Kier molecular flexibility index (Phi) is 5.28. The van der Waals surface area contributed by atoms with Crippen molar-refractivity contribution in [2.24, 2.45) is 0 Å². The molecule has 0 unspecified atom stereocenters. The number of carbonyl (C=O) groups excluding carboxylic acids is 2. The second kappa shape index (κ2) is 7.79. The zero-order valence-electron chi connectivity index (χ0n) is 14.2. The number of amides is 2. The lowest BCUT2D eigenvalue weighted by molar-refractivity contribution is -0.117. The monoisotopic (exact) mass is 338 g/mol. The summed E-state index contributed by atoms with van der Waals surface area (Å²) in [6, 6.07) is 12.2. The molecule has 2 aromatic rings. The summed E-state index contributed by atoms with van der Waals surface area (Å²) in [5.41, 5.74) is 2.13. The molecule has 2 heterocycles. The highest BCUT2D eigenvalue weighted by atomic mass is 16.2. The molecule has 0 bridgehead atoms. The molecule has 1 saturated heterocycles. The van der Waals surface area contributed by atoms with Gasteiger partial charge >= 0.3 is 0 Å². The van der Waals surface area contributed by atoms with Crippen LogP contribution in [0.25, 0.3) is 0 Å². The van der Waals surface area contributed by atoms with E-state index in [1.54, 1.807) is 31.3 Å². The lowest BCUT2D eigenvalue weighted by atomic mass is 10.2. The van der Waals surface area contributed by atoms with Crippen LogP contribution >= 0.6 is 0 Å². The Balaban J connectivity index is 1.59. The van der Waals surface area contributed by atoms with E-state index in [-0.39, 0.29) is 17.5 Å². The van der Waals surface area contributed by atoms with Gasteiger partial charge in [0.25, 0.3) is 5.91 Å². The van der Waals surface area contributed by atoms with E-state index in [4.69, 9.17) is 0 Å². The van der Waals surface area contributed by atoms with Crippen molar-refractivity contribution in [3.63, 3.8) is 0 Å². The van der Waals surface area contributed by atoms with Crippen LogP contribution in [-0.2, 0) is 4.79 Å². The maximum Gasteiger partial charge on any atom is 0.270 e. The van der Waals surface area contributed by atoms with Gasteiger partial charge in [-0.1, -0.05) is 12.1 Å². The molecule has 0 aliphatic carbocycles. The van der Waals surface area contributed by atoms with Gasteiger partial charge in [0.2, 0.25) is 5.91 Å². The number of carbonyl (C=O) groups is 2. The maximum absolute atomic E-state index is 12.4. The number of pyridine rings is 1. The van der Waals surface area contributed by atoms with Crippen LogP contribution in [0.3, 0.4) is 0 Å². The normalized spacial score (nSPS) is 14.8. The van der Waals surface area contributed by atoms with Crippen LogP contribution in [0, 0.1) is 0 Å². The third kappa shape index (κ3) is 4.35. The Labute approximate surface area is 147 Å². The average molecular weight is 338 g/mol. The first-order chi connectivity index (χ1) is 12.1. The van der Waals surface area contributed by atoms with Crippen LogP contribution in [0.5, 0.6) is 0 Å². The Morgan fingerprint density at radius 1 is 1.12 bits per heavy atom. The molecular formula is C19H22N4O2. The summed E-state index contributed by atoms with van der Waals surface area (Å²) in [7, 11) is 0. The third-order valence-electron chi connectivity index (χ3n) is 4.22. The average Bonchev–Trinajstić information content (AvgIpc) is 3.17. The van der Waals surface area contributed by atoms with Gasteiger partial charge in [-0.25, -0.2) is 0 Å². The lowest BCUT2D eigenvalue weighted by Gasteiger charge is -2.19. The topological polar surface area (TPSA) is 74.3 Å². The summed E-state index contributed by atoms with van der Waals surface area (Å²) >= 11 is 0. The molecule has 3 rings (SSSR count). The minimum Gasteiger partial charge on any atom is -0.371 e. The molecule has 1 aliphatic heterocycles. The Morgan fingerprint density at radius 3 is 2.64 bits per heavy atom. The molecule has 6 nitrogen and oxygen atoms in total. The standard InChI is InChI=1S/C19H22N4O2/c1-14(21-19(25)17-9-2-3-10-20-17)18(24)22-15-7-6-8-16(13-15)23-11-4-5-12-23/h2-3,6-10,13-14H,4-5,11-12H2,1H3,(H,21,25)(H,22,24)/t14-/m0/s1. The van der Waals surface area contributed by atoms with E-state index in [0.29, 0.717) is 0 Å². The lowest BCUT2D eigenvalue weighted by Crippen LogP contribution is -2.41. The number of anilines is 2. The summed E-state index contributed by atoms with van der Waals surface area (Å²) in [5.74, 6) is -0.628. The van der Waals surface area contributed by atoms with E-state index in [1.807, 2.05) is 24.3 Å². The molecule has 0 spiro atoms. The van der Waals surface area contributed by atoms with Crippen molar-refractivity contribution in [1.29, 1.82) is 0 Å². The van der Waals surface area contributed by atoms with Gasteiger partial charge in [0.1, 0.15) is 11.7 Å². The molecule has 1 atom stereocenters. The Morgan fingerprint density at radius 2 is 1.92 bits per heavy atom. The summed E-state index contributed by atoms with van der Waals surface area (Å²) < 4.78 is 0. The van der Waals surface area contributed by atoms with E-state index < -0.39 is 6.04 Å². The molecule has 25 heavy (non-hydrogen) atoms. The first kappa shape index (κ1) is 17.0. The SMILES string of the molecule is C[C@H](NC(=O)c1ccccn1)C(=O)Nc1cccc(N2CCCC2)c1. The molecular weight excluding hydrogens is 316 g/mol. The molecule has 6 heteroatoms. The van der Waals surface area contributed by atoms with Crippen LogP contribution in [0.1, 0.15) is 30.3 Å². The highest BCUT2D eigenvalue weighted by molar-refractivity contribution is 6.00. The fourth-order valence-electron chi connectivity index (χ4n) is 2.84. The van der Waals surface area contributed by atoms with Crippen LogP contribution < -0.4 is 15.5 Å². The summed E-state index contributed by atoms with van der Waals surface area (Å²) in [5, 5.41) is 5.52. The quantitative estimate of drug-likeness (QED) is 0.878. The van der Waals surface area contributed by atoms with Crippen LogP contribution in [0.2, 0.25) is 0 Å². The van der Waals surface area contributed by atoms with Gasteiger partial charge in [-0.05, 0) is 50.1 Å². The molecule has 1 aromatic carbocycles. The molecule has 1 aliphatic rings. The highest BCUT2D eigenvalue weighted by Crippen LogP contribution is 2.23. The van der Waals surface area contributed by atoms with Crippen LogP contribution in [-0.4, -0.2) is 35.9 Å². The van der Waals surface area contributed by atoms with Crippen molar-refractivity contribution in [1.82, 2.24) is 10.3 Å². The fraction of sp³-hybridized carbons (Fsp3) is 0.316. The van der Waals surface area contributed by atoms with Crippen LogP contribution in [0.15, 0.2) is 48.7 Å². The van der Waals surface area contributed by atoms with Crippen molar-refractivity contribution in [3.8, 4) is 0 Å². The van der Waals surface area contributed by atoms with Gasteiger partial charge in [0, 0.05) is 30.7 Å². The van der Waals surface area contributed by atoms with E-state index in [1.165, 1.54) is 12.8 Å². The molecule has 2 N–H and O–H groups in total. The van der Waals surface area contributed by atoms with Gasteiger partial charge < -0.3 is 15.5 Å². The number of aromatic nitrogens is 1. The van der Waals surface area contributed by atoms with Crippen molar-refractivity contribution in [3.05, 3.63) is 54.4 Å². The van der Waals surface area contributed by atoms with E-state index in [2.05, 4.69) is 20.5 Å². The molecule has 0 radical (unpaired) electrons. The zero-order chi connectivity index (χ0) is 17.6. The second-order valence-corrected chi connectivity index (χ2v) is 6.14. The second-order valence-electron chi connectivity index (χ2n) is 6.14. The fourth-order valence-corrected chi connectivity index (χ4v) is 2.84. The maximum atomic E-state index is 12.4. The number of nitrogens with one attached hydrogen (secondary N) is 2. The van der Waals surface area contributed by atoms with Gasteiger partial charge in [-0.2, -0.15) is 0 Å². The highest BCUT2D eigenvalue weighted by Gasteiger charge is 2.18. The van der Waals surface area contributed by atoms with E-state index in [0.717, 1.165) is 24.5 Å². The van der Waals surface area contributed by atoms with Crippen molar-refractivity contribution in [2.45, 2.75) is 25.8 Å². The van der Waals surface area contributed by atoms with Gasteiger partial charge in [-0.3, -0.25) is 14.6 Å². The predicted octanol–water partition coefficient (Wildman–Crippen LogP) is 2.44. The smallest absolute Gasteiger partial charge is 0.270 e.